The molecule has 3 rings (SSSR count). The van der Waals surface area contributed by atoms with Gasteiger partial charge in [0.15, 0.2) is 0 Å². The molecular weight excluding hydrogens is 264 g/mol. The van der Waals surface area contributed by atoms with E-state index in [-0.39, 0.29) is 6.04 Å². The average molecular weight is 275 g/mol. The first-order valence-electron chi connectivity index (χ1n) is 5.60. The Balaban J connectivity index is 2.14. The highest BCUT2D eigenvalue weighted by atomic mass is 35.5. The van der Waals surface area contributed by atoms with Crippen molar-refractivity contribution in [3.05, 3.63) is 63.6 Å². The van der Waals surface area contributed by atoms with Crippen molar-refractivity contribution in [1.82, 2.24) is 4.98 Å². The van der Waals surface area contributed by atoms with Crippen molar-refractivity contribution in [2.75, 3.05) is 0 Å². The SMILES string of the molecule is NC(c1ccc(Cl)s1)c1nccc2ccccc12. The molecule has 4 heteroatoms. The molecule has 1 aromatic carbocycles. The number of nitrogens with zero attached hydrogens (tertiary/aromatic N) is 1. The van der Waals surface area contributed by atoms with Crippen LogP contribution in [0.5, 0.6) is 0 Å². The lowest BCUT2D eigenvalue weighted by molar-refractivity contribution is 0.859. The van der Waals surface area contributed by atoms with Crippen molar-refractivity contribution in [1.29, 1.82) is 0 Å². The van der Waals surface area contributed by atoms with Gasteiger partial charge in [0.1, 0.15) is 0 Å². The van der Waals surface area contributed by atoms with Gasteiger partial charge >= 0.3 is 0 Å². The summed E-state index contributed by atoms with van der Waals surface area (Å²) in [7, 11) is 0. The summed E-state index contributed by atoms with van der Waals surface area (Å²) in [6.07, 6.45) is 1.80. The van der Waals surface area contributed by atoms with Crippen LogP contribution in [0.15, 0.2) is 48.7 Å². The predicted molar refractivity (Wildman–Crippen MR) is 77.1 cm³/mol. The quantitative estimate of drug-likeness (QED) is 0.767. The second kappa shape index (κ2) is 4.69. The minimum atomic E-state index is -0.228. The van der Waals surface area contributed by atoms with Crippen LogP contribution in [0, 0.1) is 0 Å². The number of hydrogen-bond donors (Lipinski definition) is 1. The van der Waals surface area contributed by atoms with Crippen molar-refractivity contribution in [2.24, 2.45) is 5.73 Å². The third kappa shape index (κ3) is 2.01. The van der Waals surface area contributed by atoms with Gasteiger partial charge in [-0.3, -0.25) is 4.98 Å². The Morgan fingerprint density at radius 1 is 1.11 bits per heavy atom. The lowest BCUT2D eigenvalue weighted by Crippen LogP contribution is -2.12. The molecule has 0 aliphatic rings. The number of hydrogen-bond acceptors (Lipinski definition) is 3. The summed E-state index contributed by atoms with van der Waals surface area (Å²) in [6, 6.07) is 13.7. The number of halogens is 1. The van der Waals surface area contributed by atoms with Crippen molar-refractivity contribution in [3.63, 3.8) is 0 Å². The Labute approximate surface area is 114 Å². The molecular formula is C14H11ClN2S. The number of pyridine rings is 1. The molecule has 2 aromatic heterocycles. The maximum atomic E-state index is 6.28. The third-order valence-electron chi connectivity index (χ3n) is 2.90. The Hall–Kier alpha value is -1.42. The molecule has 90 valence electrons. The zero-order chi connectivity index (χ0) is 12.5. The fourth-order valence-electron chi connectivity index (χ4n) is 2.02. The summed E-state index contributed by atoms with van der Waals surface area (Å²) in [4.78, 5) is 5.46. The summed E-state index contributed by atoms with van der Waals surface area (Å²) >= 11 is 7.45. The van der Waals surface area contributed by atoms with E-state index in [2.05, 4.69) is 11.1 Å². The maximum Gasteiger partial charge on any atom is 0.0931 e. The minimum Gasteiger partial charge on any atom is -0.318 e. The van der Waals surface area contributed by atoms with Crippen molar-refractivity contribution in [3.8, 4) is 0 Å². The van der Waals surface area contributed by atoms with Crippen molar-refractivity contribution >= 4 is 33.7 Å². The Morgan fingerprint density at radius 2 is 1.94 bits per heavy atom. The van der Waals surface area contributed by atoms with Crippen LogP contribution in [0.1, 0.15) is 16.6 Å². The van der Waals surface area contributed by atoms with Crippen LogP contribution >= 0.6 is 22.9 Å². The monoisotopic (exact) mass is 274 g/mol. The molecule has 2 nitrogen and oxygen atoms in total. The number of thiophene rings is 1. The molecule has 0 radical (unpaired) electrons. The van der Waals surface area contributed by atoms with Gasteiger partial charge < -0.3 is 5.73 Å². The predicted octanol–water partition coefficient (Wildman–Crippen LogP) is 4.00. The van der Waals surface area contributed by atoms with E-state index in [1.807, 2.05) is 36.4 Å². The van der Waals surface area contributed by atoms with E-state index in [0.717, 1.165) is 25.7 Å². The van der Waals surface area contributed by atoms with Crippen LogP contribution in [0.25, 0.3) is 10.8 Å². The smallest absolute Gasteiger partial charge is 0.0931 e. The van der Waals surface area contributed by atoms with Gasteiger partial charge in [0, 0.05) is 16.5 Å². The molecule has 0 saturated carbocycles. The highest BCUT2D eigenvalue weighted by Gasteiger charge is 2.15. The van der Waals surface area contributed by atoms with E-state index in [9.17, 15) is 0 Å². The number of nitrogens with two attached hydrogens (primary N) is 1. The molecule has 0 fully saturated rings. The fourth-order valence-corrected chi connectivity index (χ4v) is 3.09. The largest absolute Gasteiger partial charge is 0.318 e. The molecule has 0 aliphatic heterocycles. The van der Waals surface area contributed by atoms with Gasteiger partial charge in [0.05, 0.1) is 16.1 Å². The fraction of sp³-hybridized carbons (Fsp3) is 0.0714. The number of fused-ring (bicyclic) bond motifs is 1. The molecule has 0 aliphatic carbocycles. The lowest BCUT2D eigenvalue weighted by Gasteiger charge is -2.11. The van der Waals surface area contributed by atoms with Crippen LogP contribution < -0.4 is 5.73 Å². The maximum absolute atomic E-state index is 6.28. The van der Waals surface area contributed by atoms with Gasteiger partial charge in [-0.25, -0.2) is 0 Å². The third-order valence-corrected chi connectivity index (χ3v) is 4.21. The summed E-state index contributed by atoms with van der Waals surface area (Å²) < 4.78 is 0.751. The van der Waals surface area contributed by atoms with E-state index in [0.29, 0.717) is 0 Å². The first-order chi connectivity index (χ1) is 8.75. The van der Waals surface area contributed by atoms with Crippen molar-refractivity contribution < 1.29 is 0 Å². The van der Waals surface area contributed by atoms with Gasteiger partial charge in [0.25, 0.3) is 0 Å². The van der Waals surface area contributed by atoms with Crippen LogP contribution in [-0.2, 0) is 0 Å². The molecule has 0 amide bonds. The molecule has 2 heterocycles. The Kier molecular flexibility index (Phi) is 3.04. The average Bonchev–Trinajstić information content (AvgIpc) is 2.84. The summed E-state index contributed by atoms with van der Waals surface area (Å²) in [5, 5.41) is 2.25. The minimum absolute atomic E-state index is 0.228. The van der Waals surface area contributed by atoms with Crippen LogP contribution in [0.4, 0.5) is 0 Å². The van der Waals surface area contributed by atoms with Gasteiger partial charge in [-0.1, -0.05) is 35.9 Å². The van der Waals surface area contributed by atoms with Gasteiger partial charge in [-0.2, -0.15) is 0 Å². The molecule has 1 unspecified atom stereocenters. The van der Waals surface area contributed by atoms with E-state index in [4.69, 9.17) is 17.3 Å². The van der Waals surface area contributed by atoms with Crippen molar-refractivity contribution in [2.45, 2.75) is 6.04 Å². The molecule has 0 spiro atoms. The van der Waals surface area contributed by atoms with Gasteiger partial charge in [-0.15, -0.1) is 11.3 Å². The molecule has 1 atom stereocenters. The van der Waals surface area contributed by atoms with Gasteiger partial charge in [-0.05, 0) is 23.6 Å². The van der Waals surface area contributed by atoms with E-state index < -0.39 is 0 Å². The Bertz CT molecular complexity index is 688. The summed E-state index contributed by atoms with van der Waals surface area (Å²) in [6.45, 7) is 0. The molecule has 0 saturated heterocycles. The van der Waals surface area contributed by atoms with Crippen LogP contribution in [0.2, 0.25) is 4.34 Å². The molecule has 18 heavy (non-hydrogen) atoms. The van der Waals surface area contributed by atoms with E-state index in [1.165, 1.54) is 11.3 Å². The number of rotatable bonds is 2. The topological polar surface area (TPSA) is 38.9 Å². The standard InChI is InChI=1S/C14H11ClN2S/c15-12-6-5-11(18-12)13(16)14-10-4-2-1-3-9(10)7-8-17-14/h1-8,13H,16H2. The highest BCUT2D eigenvalue weighted by molar-refractivity contribution is 7.16. The lowest BCUT2D eigenvalue weighted by atomic mass is 10.0. The van der Waals surface area contributed by atoms with Gasteiger partial charge in [0.2, 0.25) is 0 Å². The Morgan fingerprint density at radius 3 is 2.72 bits per heavy atom. The summed E-state index contributed by atoms with van der Waals surface area (Å²) in [5.74, 6) is 0. The summed E-state index contributed by atoms with van der Waals surface area (Å²) in [5.41, 5.74) is 7.18. The number of aromatic nitrogens is 1. The molecule has 2 N–H and O–H groups in total. The second-order valence-corrected chi connectivity index (χ2v) is 5.78. The zero-order valence-electron chi connectivity index (χ0n) is 9.51. The first kappa shape index (κ1) is 11.7. The van der Waals surface area contributed by atoms with Crippen LogP contribution in [-0.4, -0.2) is 4.98 Å². The zero-order valence-corrected chi connectivity index (χ0v) is 11.1. The van der Waals surface area contributed by atoms with Crippen LogP contribution in [0.3, 0.4) is 0 Å². The number of benzene rings is 1. The second-order valence-electron chi connectivity index (χ2n) is 4.04. The van der Waals surface area contributed by atoms with E-state index in [1.54, 1.807) is 6.20 Å². The molecule has 0 bridgehead atoms. The first-order valence-corrected chi connectivity index (χ1v) is 6.79. The van der Waals surface area contributed by atoms with E-state index >= 15 is 0 Å². The highest BCUT2D eigenvalue weighted by Crippen LogP contribution is 2.31. The normalized spacial score (nSPS) is 12.8. The molecule has 3 aromatic rings.